The van der Waals surface area contributed by atoms with E-state index >= 15 is 0 Å². The lowest BCUT2D eigenvalue weighted by Gasteiger charge is -2.32. The number of rotatable bonds is 5. The summed E-state index contributed by atoms with van der Waals surface area (Å²) in [6.45, 7) is 8.99. The lowest BCUT2D eigenvalue weighted by atomic mass is 9.98. The highest BCUT2D eigenvalue weighted by Crippen LogP contribution is 2.18. The first kappa shape index (κ1) is 14.5. The van der Waals surface area contributed by atoms with Gasteiger partial charge in [0.15, 0.2) is 0 Å². The second-order valence-electron chi connectivity index (χ2n) is 5.38. The molecule has 0 aliphatic carbocycles. The van der Waals surface area contributed by atoms with Crippen molar-refractivity contribution in [3.63, 3.8) is 0 Å². The summed E-state index contributed by atoms with van der Waals surface area (Å²) in [6.07, 6.45) is 3.12. The molecule has 4 heteroatoms. The third-order valence-corrected chi connectivity index (χ3v) is 3.96. The van der Waals surface area contributed by atoms with Crippen molar-refractivity contribution >= 4 is 5.91 Å². The fourth-order valence-corrected chi connectivity index (χ4v) is 2.50. The second kappa shape index (κ2) is 5.83. The van der Waals surface area contributed by atoms with Gasteiger partial charge < -0.3 is 10.6 Å². The maximum absolute atomic E-state index is 12.2. The Bertz CT molecular complexity index is 265. The number of likely N-dealkylation sites (N-methyl/N-ethyl adjacent to an activating group) is 2. The molecule has 0 spiro atoms. The van der Waals surface area contributed by atoms with E-state index in [9.17, 15) is 4.79 Å². The summed E-state index contributed by atoms with van der Waals surface area (Å²) in [6, 6.07) is 0.515. The zero-order valence-electron chi connectivity index (χ0n) is 11.7. The van der Waals surface area contributed by atoms with Crippen molar-refractivity contribution in [3.05, 3.63) is 0 Å². The lowest BCUT2D eigenvalue weighted by molar-refractivity contribution is -0.135. The molecule has 2 atom stereocenters. The van der Waals surface area contributed by atoms with Gasteiger partial charge in [-0.3, -0.25) is 9.69 Å². The van der Waals surface area contributed by atoms with E-state index in [4.69, 9.17) is 5.73 Å². The Kier molecular flexibility index (Phi) is 4.95. The molecule has 2 N–H and O–H groups in total. The van der Waals surface area contributed by atoms with Crippen LogP contribution < -0.4 is 5.73 Å². The monoisotopic (exact) mass is 241 g/mol. The second-order valence-corrected chi connectivity index (χ2v) is 5.38. The van der Waals surface area contributed by atoms with Crippen LogP contribution in [-0.2, 0) is 4.79 Å². The number of hydrogen-bond acceptors (Lipinski definition) is 3. The quantitative estimate of drug-likeness (QED) is 0.783. The number of likely N-dealkylation sites (tertiary alicyclic amines) is 1. The first-order valence-corrected chi connectivity index (χ1v) is 6.70. The first-order chi connectivity index (χ1) is 7.92. The normalized spacial score (nSPS) is 24.6. The van der Waals surface area contributed by atoms with Gasteiger partial charge in [0, 0.05) is 19.6 Å². The van der Waals surface area contributed by atoms with E-state index in [1.807, 2.05) is 25.8 Å². The minimum absolute atomic E-state index is 0.0583. The van der Waals surface area contributed by atoms with Gasteiger partial charge in [0.25, 0.3) is 0 Å². The van der Waals surface area contributed by atoms with Crippen molar-refractivity contribution in [2.45, 2.75) is 51.6 Å². The van der Waals surface area contributed by atoms with Gasteiger partial charge in [-0.15, -0.1) is 0 Å². The Morgan fingerprint density at radius 3 is 2.71 bits per heavy atom. The zero-order chi connectivity index (χ0) is 13.1. The van der Waals surface area contributed by atoms with Gasteiger partial charge in [-0.05, 0) is 39.3 Å². The van der Waals surface area contributed by atoms with Gasteiger partial charge >= 0.3 is 0 Å². The zero-order valence-corrected chi connectivity index (χ0v) is 11.7. The van der Waals surface area contributed by atoms with Crippen LogP contribution in [0.25, 0.3) is 0 Å². The fraction of sp³-hybridized carbons (Fsp3) is 0.923. The van der Waals surface area contributed by atoms with Crippen molar-refractivity contribution in [3.8, 4) is 0 Å². The minimum atomic E-state index is -0.718. The average molecular weight is 241 g/mol. The highest BCUT2D eigenvalue weighted by atomic mass is 16.2. The molecule has 1 aliphatic heterocycles. The van der Waals surface area contributed by atoms with Crippen molar-refractivity contribution in [2.24, 2.45) is 5.73 Å². The molecular formula is C13H27N3O. The molecule has 0 bridgehead atoms. The minimum Gasteiger partial charge on any atom is -0.343 e. The van der Waals surface area contributed by atoms with Crippen LogP contribution >= 0.6 is 0 Å². The summed E-state index contributed by atoms with van der Waals surface area (Å²) >= 11 is 0. The lowest BCUT2D eigenvalue weighted by Crippen LogP contribution is -2.54. The van der Waals surface area contributed by atoms with Crippen LogP contribution in [0.15, 0.2) is 0 Å². The number of carbonyl (C=O) groups excluding carboxylic acids is 1. The van der Waals surface area contributed by atoms with Crippen LogP contribution in [0.3, 0.4) is 0 Å². The third-order valence-electron chi connectivity index (χ3n) is 3.96. The third kappa shape index (κ3) is 3.42. The molecule has 100 valence electrons. The molecule has 0 radical (unpaired) electrons. The summed E-state index contributed by atoms with van der Waals surface area (Å²) in [5.74, 6) is 0.0583. The molecule has 1 rings (SSSR count). The summed E-state index contributed by atoms with van der Waals surface area (Å²) in [7, 11) is 1.87. The number of hydrogen-bond donors (Lipinski definition) is 1. The molecule has 4 nitrogen and oxygen atoms in total. The molecule has 0 aromatic carbocycles. The van der Waals surface area contributed by atoms with Crippen molar-refractivity contribution in [2.75, 3.05) is 26.7 Å². The number of nitrogens with zero attached hydrogens (tertiary/aromatic N) is 2. The van der Waals surface area contributed by atoms with Gasteiger partial charge in [-0.1, -0.05) is 13.8 Å². The van der Waals surface area contributed by atoms with Crippen LogP contribution in [-0.4, -0.2) is 54.0 Å². The maximum Gasteiger partial charge on any atom is 0.242 e. The van der Waals surface area contributed by atoms with E-state index in [0.717, 1.165) is 19.6 Å². The molecule has 2 unspecified atom stereocenters. The van der Waals surface area contributed by atoms with Gasteiger partial charge in [-0.25, -0.2) is 0 Å². The van der Waals surface area contributed by atoms with Crippen LogP contribution in [0, 0.1) is 0 Å². The Hall–Kier alpha value is -0.610. The van der Waals surface area contributed by atoms with E-state index in [1.165, 1.54) is 12.8 Å². The first-order valence-electron chi connectivity index (χ1n) is 6.70. The van der Waals surface area contributed by atoms with E-state index in [1.54, 1.807) is 0 Å². The summed E-state index contributed by atoms with van der Waals surface area (Å²) < 4.78 is 0. The topological polar surface area (TPSA) is 49.6 Å². The van der Waals surface area contributed by atoms with E-state index < -0.39 is 5.54 Å². The molecule has 0 aromatic heterocycles. The smallest absolute Gasteiger partial charge is 0.242 e. The predicted molar refractivity (Wildman–Crippen MR) is 70.8 cm³/mol. The van der Waals surface area contributed by atoms with Crippen LogP contribution in [0.1, 0.15) is 40.0 Å². The van der Waals surface area contributed by atoms with Crippen LogP contribution in [0.5, 0.6) is 0 Å². The van der Waals surface area contributed by atoms with Crippen LogP contribution in [0.4, 0.5) is 0 Å². The van der Waals surface area contributed by atoms with E-state index in [-0.39, 0.29) is 5.91 Å². The van der Waals surface area contributed by atoms with Crippen LogP contribution in [0.2, 0.25) is 0 Å². The summed E-state index contributed by atoms with van der Waals surface area (Å²) in [5, 5.41) is 0. The average Bonchev–Trinajstić information content (AvgIpc) is 2.75. The molecule has 0 saturated carbocycles. The van der Waals surface area contributed by atoms with Gasteiger partial charge in [0.05, 0.1) is 5.54 Å². The van der Waals surface area contributed by atoms with Gasteiger partial charge in [-0.2, -0.15) is 0 Å². The van der Waals surface area contributed by atoms with E-state index in [0.29, 0.717) is 12.5 Å². The van der Waals surface area contributed by atoms with Gasteiger partial charge in [0.1, 0.15) is 0 Å². The van der Waals surface area contributed by atoms with Crippen molar-refractivity contribution in [1.82, 2.24) is 9.80 Å². The molecule has 1 amide bonds. The molecular weight excluding hydrogens is 214 g/mol. The van der Waals surface area contributed by atoms with E-state index in [2.05, 4.69) is 11.8 Å². The highest BCUT2D eigenvalue weighted by molar-refractivity contribution is 5.85. The van der Waals surface area contributed by atoms with Crippen molar-refractivity contribution < 1.29 is 4.79 Å². The Labute approximate surface area is 105 Å². The fourth-order valence-electron chi connectivity index (χ4n) is 2.50. The number of nitrogens with two attached hydrogens (primary N) is 1. The Morgan fingerprint density at radius 1 is 1.53 bits per heavy atom. The highest BCUT2D eigenvalue weighted by Gasteiger charge is 2.32. The largest absolute Gasteiger partial charge is 0.343 e. The molecule has 0 aromatic rings. The molecule has 1 aliphatic rings. The predicted octanol–water partition coefficient (Wildman–Crippen LogP) is 1.06. The Morgan fingerprint density at radius 2 is 2.18 bits per heavy atom. The SMILES string of the molecule is CCN1CCCC1CN(C)C(=O)C(C)(N)CC. The Balaban J connectivity index is 2.54. The molecule has 1 fully saturated rings. The van der Waals surface area contributed by atoms with Gasteiger partial charge in [0.2, 0.25) is 5.91 Å². The summed E-state index contributed by atoms with van der Waals surface area (Å²) in [4.78, 5) is 16.4. The summed E-state index contributed by atoms with van der Waals surface area (Å²) in [5.41, 5.74) is 5.28. The molecule has 1 saturated heterocycles. The van der Waals surface area contributed by atoms with Crippen molar-refractivity contribution in [1.29, 1.82) is 0 Å². The maximum atomic E-state index is 12.2. The standard InChI is InChI=1S/C13H27N3O/c1-5-13(3,14)12(17)15(4)10-11-8-7-9-16(11)6-2/h11H,5-10,14H2,1-4H3. The molecule has 1 heterocycles. The molecule has 17 heavy (non-hydrogen) atoms. The number of carbonyl (C=O) groups is 1. The number of amides is 1.